The number of carbonyl (C=O) groups excluding carboxylic acids is 1. The number of rotatable bonds is 6. The Kier molecular flexibility index (Phi) is 4.46. The second kappa shape index (κ2) is 6.89. The predicted octanol–water partition coefficient (Wildman–Crippen LogP) is 1.74. The first-order valence-electron chi connectivity index (χ1n) is 8.26. The average Bonchev–Trinajstić information content (AvgIpc) is 3.30. The molecule has 7 nitrogen and oxygen atoms in total. The topological polar surface area (TPSA) is 72.6 Å². The third kappa shape index (κ3) is 3.27. The van der Waals surface area contributed by atoms with E-state index in [2.05, 4.69) is 22.3 Å². The molecule has 0 radical (unpaired) electrons. The Balaban J connectivity index is 1.53. The van der Waals surface area contributed by atoms with E-state index in [1.165, 1.54) is 16.9 Å². The largest absolute Gasteiger partial charge is 0.383 e. The smallest absolute Gasteiger partial charge is 0.234 e. The molecule has 2 aromatic heterocycles. The van der Waals surface area contributed by atoms with E-state index in [1.54, 1.807) is 7.11 Å². The molecule has 1 fully saturated rings. The number of methoxy groups -OCH3 is 1. The average molecular weight is 357 g/mol. The summed E-state index contributed by atoms with van der Waals surface area (Å²) in [6.45, 7) is 1.89. The number of benzene rings is 1. The van der Waals surface area contributed by atoms with E-state index in [4.69, 9.17) is 9.84 Å². The maximum absolute atomic E-state index is 12.1. The van der Waals surface area contributed by atoms with Crippen molar-refractivity contribution < 1.29 is 9.53 Å². The molecule has 1 atom stereocenters. The molecule has 0 spiro atoms. The molecule has 0 bridgehead atoms. The molecule has 1 aliphatic rings. The quantitative estimate of drug-likeness (QED) is 0.672. The summed E-state index contributed by atoms with van der Waals surface area (Å²) in [6, 6.07) is 10.2. The van der Waals surface area contributed by atoms with Gasteiger partial charge in [0.15, 0.2) is 5.82 Å². The van der Waals surface area contributed by atoms with E-state index in [0.29, 0.717) is 32.5 Å². The van der Waals surface area contributed by atoms with Gasteiger partial charge in [0, 0.05) is 39.0 Å². The van der Waals surface area contributed by atoms with Crippen LogP contribution in [0.3, 0.4) is 0 Å². The minimum Gasteiger partial charge on any atom is -0.383 e. The molecule has 8 heteroatoms. The number of likely N-dealkylation sites (tertiary alicyclic amines) is 1. The van der Waals surface area contributed by atoms with Gasteiger partial charge >= 0.3 is 0 Å². The molecule has 1 unspecified atom stereocenters. The first-order chi connectivity index (χ1) is 12.2. The Morgan fingerprint density at radius 3 is 2.92 bits per heavy atom. The molecule has 3 heterocycles. The highest BCUT2D eigenvalue weighted by Gasteiger charge is 2.33. The van der Waals surface area contributed by atoms with Crippen LogP contribution in [0.15, 0.2) is 30.3 Å². The summed E-state index contributed by atoms with van der Waals surface area (Å²) in [6.07, 6.45) is 1.19. The minimum absolute atomic E-state index is 0.126. The lowest BCUT2D eigenvalue weighted by Gasteiger charge is -2.14. The van der Waals surface area contributed by atoms with Crippen LogP contribution in [0.25, 0.3) is 4.96 Å². The molecule has 0 saturated carbocycles. The van der Waals surface area contributed by atoms with Crippen LogP contribution in [-0.4, -0.2) is 57.4 Å². The number of aromatic nitrogens is 4. The molecule has 1 amide bonds. The van der Waals surface area contributed by atoms with E-state index in [0.717, 1.165) is 15.8 Å². The van der Waals surface area contributed by atoms with E-state index in [9.17, 15) is 4.79 Å². The van der Waals surface area contributed by atoms with Crippen LogP contribution in [0, 0.1) is 0 Å². The number of ether oxygens (including phenoxy) is 1. The maximum Gasteiger partial charge on any atom is 0.234 e. The van der Waals surface area contributed by atoms with Crippen LogP contribution >= 0.6 is 11.3 Å². The van der Waals surface area contributed by atoms with Crippen molar-refractivity contribution in [1.29, 1.82) is 0 Å². The third-order valence-electron chi connectivity index (χ3n) is 4.41. The number of carbonyl (C=O) groups is 1. The molecule has 4 rings (SSSR count). The Morgan fingerprint density at radius 2 is 2.12 bits per heavy atom. The molecule has 0 aliphatic carbocycles. The lowest BCUT2D eigenvalue weighted by molar-refractivity contribution is -0.128. The zero-order chi connectivity index (χ0) is 17.2. The van der Waals surface area contributed by atoms with Crippen molar-refractivity contribution in [3.05, 3.63) is 46.7 Å². The highest BCUT2D eigenvalue weighted by atomic mass is 32.1. The first-order valence-corrected chi connectivity index (χ1v) is 9.08. The number of hydrogen-bond acceptors (Lipinski definition) is 6. The van der Waals surface area contributed by atoms with Crippen LogP contribution in [0.5, 0.6) is 0 Å². The lowest BCUT2D eigenvalue weighted by Crippen LogP contribution is -2.28. The predicted molar refractivity (Wildman–Crippen MR) is 93.7 cm³/mol. The van der Waals surface area contributed by atoms with E-state index < -0.39 is 0 Å². The first kappa shape index (κ1) is 16.2. The molecule has 1 aliphatic heterocycles. The highest BCUT2D eigenvalue weighted by molar-refractivity contribution is 7.16. The summed E-state index contributed by atoms with van der Waals surface area (Å²) in [5.74, 6) is 1.11. The molecule has 1 saturated heterocycles. The van der Waals surface area contributed by atoms with Gasteiger partial charge in [-0.2, -0.15) is 9.61 Å². The molecular formula is C17H19N5O2S. The molecule has 1 aromatic carbocycles. The monoisotopic (exact) mass is 357 g/mol. The van der Waals surface area contributed by atoms with Crippen molar-refractivity contribution in [2.45, 2.75) is 18.8 Å². The third-order valence-corrected chi connectivity index (χ3v) is 5.47. The van der Waals surface area contributed by atoms with Gasteiger partial charge in [0.1, 0.15) is 5.01 Å². The molecule has 25 heavy (non-hydrogen) atoms. The fraction of sp³-hybridized carbons (Fsp3) is 0.412. The van der Waals surface area contributed by atoms with Crippen LogP contribution in [0.4, 0.5) is 0 Å². The minimum atomic E-state index is 0.126. The van der Waals surface area contributed by atoms with Gasteiger partial charge in [-0.3, -0.25) is 4.79 Å². The Morgan fingerprint density at radius 1 is 1.28 bits per heavy atom. The number of hydrogen-bond donors (Lipinski definition) is 0. The van der Waals surface area contributed by atoms with Crippen molar-refractivity contribution in [3.8, 4) is 0 Å². The van der Waals surface area contributed by atoms with Gasteiger partial charge < -0.3 is 9.64 Å². The van der Waals surface area contributed by atoms with Crippen molar-refractivity contribution in [2.24, 2.45) is 0 Å². The normalized spacial score (nSPS) is 17.7. The van der Waals surface area contributed by atoms with Crippen LogP contribution in [0.1, 0.15) is 28.7 Å². The standard InChI is InChI=1S/C17H19N5O2S/c1-24-8-7-21-11-13(10-15(21)23)16-20-22-14(18-19-17(22)25-16)9-12-5-3-2-4-6-12/h2-6,13H,7-11H2,1H3. The maximum atomic E-state index is 12.1. The summed E-state index contributed by atoms with van der Waals surface area (Å²) < 4.78 is 6.89. The van der Waals surface area contributed by atoms with Crippen LogP contribution in [-0.2, 0) is 16.0 Å². The van der Waals surface area contributed by atoms with E-state index in [-0.39, 0.29) is 11.8 Å². The Labute approximate surface area is 149 Å². The molecule has 0 N–H and O–H groups in total. The number of fused-ring (bicyclic) bond motifs is 1. The van der Waals surface area contributed by atoms with Gasteiger partial charge in [-0.05, 0) is 5.56 Å². The van der Waals surface area contributed by atoms with Crippen LogP contribution < -0.4 is 0 Å². The second-order valence-electron chi connectivity index (χ2n) is 6.15. The number of amides is 1. The SMILES string of the molecule is COCCN1CC(c2nn3c(Cc4ccccc4)nnc3s2)CC1=O. The Bertz CT molecular complexity index is 876. The highest BCUT2D eigenvalue weighted by Crippen LogP contribution is 2.31. The number of nitrogens with zero attached hydrogens (tertiary/aromatic N) is 5. The summed E-state index contributed by atoms with van der Waals surface area (Å²) in [7, 11) is 1.65. The molecular weight excluding hydrogens is 338 g/mol. The second-order valence-corrected chi connectivity index (χ2v) is 7.13. The summed E-state index contributed by atoms with van der Waals surface area (Å²) in [5, 5.41) is 14.2. The fourth-order valence-corrected chi connectivity index (χ4v) is 4.03. The van der Waals surface area contributed by atoms with Crippen molar-refractivity contribution in [1.82, 2.24) is 24.7 Å². The Hall–Kier alpha value is -2.32. The van der Waals surface area contributed by atoms with Gasteiger partial charge in [0.2, 0.25) is 10.9 Å². The van der Waals surface area contributed by atoms with Gasteiger partial charge in [0.25, 0.3) is 0 Å². The van der Waals surface area contributed by atoms with Gasteiger partial charge in [-0.1, -0.05) is 41.7 Å². The van der Waals surface area contributed by atoms with Crippen LogP contribution in [0.2, 0.25) is 0 Å². The van der Waals surface area contributed by atoms with E-state index in [1.807, 2.05) is 27.6 Å². The zero-order valence-electron chi connectivity index (χ0n) is 14.0. The fourth-order valence-electron chi connectivity index (χ4n) is 3.08. The van der Waals surface area contributed by atoms with Gasteiger partial charge in [0.05, 0.1) is 6.61 Å². The lowest BCUT2D eigenvalue weighted by atomic mass is 10.1. The van der Waals surface area contributed by atoms with Gasteiger partial charge in [-0.15, -0.1) is 10.2 Å². The zero-order valence-corrected chi connectivity index (χ0v) is 14.8. The summed E-state index contributed by atoms with van der Waals surface area (Å²) >= 11 is 1.52. The summed E-state index contributed by atoms with van der Waals surface area (Å²) in [5.41, 5.74) is 1.17. The van der Waals surface area contributed by atoms with E-state index >= 15 is 0 Å². The molecule has 130 valence electrons. The van der Waals surface area contributed by atoms with Gasteiger partial charge in [-0.25, -0.2) is 0 Å². The molecule has 3 aromatic rings. The van der Waals surface area contributed by atoms with Crippen molar-refractivity contribution in [2.75, 3.05) is 26.8 Å². The van der Waals surface area contributed by atoms with Crippen molar-refractivity contribution in [3.63, 3.8) is 0 Å². The van der Waals surface area contributed by atoms with Crippen molar-refractivity contribution >= 4 is 22.2 Å². The summed E-state index contributed by atoms with van der Waals surface area (Å²) in [4.78, 5) is 14.8.